The molecule has 3 rings (SSSR count). The maximum absolute atomic E-state index is 11.7. The number of nitriles is 1. The van der Waals surface area contributed by atoms with E-state index >= 15 is 0 Å². The molecule has 1 aromatic heterocycles. The van der Waals surface area contributed by atoms with Gasteiger partial charge in [-0.05, 0) is 49.4 Å². The summed E-state index contributed by atoms with van der Waals surface area (Å²) in [4.78, 5) is 24.3. The molecule has 8 heteroatoms. The molecule has 2 aromatic carbocycles. The van der Waals surface area contributed by atoms with Crippen LogP contribution in [-0.4, -0.2) is 27.8 Å². The second kappa shape index (κ2) is 8.14. The zero-order valence-corrected chi connectivity index (χ0v) is 15.4. The number of nitrogens with two attached hydrogens (primary N) is 1. The van der Waals surface area contributed by atoms with E-state index in [2.05, 4.69) is 26.3 Å². The van der Waals surface area contributed by atoms with Crippen LogP contribution in [-0.2, 0) is 6.42 Å². The minimum absolute atomic E-state index is 0.0396. The molecule has 0 fully saturated rings. The summed E-state index contributed by atoms with van der Waals surface area (Å²) in [5, 5.41) is 11.9. The van der Waals surface area contributed by atoms with Crippen molar-refractivity contribution in [1.29, 1.82) is 5.26 Å². The first-order valence-corrected chi connectivity index (χ1v) is 8.44. The Kier molecular flexibility index (Phi) is 5.46. The minimum atomic E-state index is -0.0396. The van der Waals surface area contributed by atoms with Crippen LogP contribution >= 0.6 is 0 Å². The molecule has 0 bridgehead atoms. The molecule has 8 nitrogen and oxygen atoms in total. The Hall–Kier alpha value is -3.99. The summed E-state index contributed by atoms with van der Waals surface area (Å²) in [5.74, 6) is 1.38. The first-order valence-electron chi connectivity index (χ1n) is 8.44. The molecule has 0 saturated carbocycles. The molecular weight excluding hydrogens is 356 g/mol. The summed E-state index contributed by atoms with van der Waals surface area (Å²) < 4.78 is 5.37. The van der Waals surface area contributed by atoms with E-state index in [4.69, 9.17) is 15.7 Å². The molecule has 0 radical (unpaired) electrons. The zero-order chi connectivity index (χ0) is 20.1. The average Bonchev–Trinajstić information content (AvgIpc) is 2.68. The zero-order valence-electron chi connectivity index (χ0n) is 15.4. The summed E-state index contributed by atoms with van der Waals surface area (Å²) in [6.45, 7) is 1.51. The molecular formula is C20H18N6O2. The first kappa shape index (κ1) is 18.8. The van der Waals surface area contributed by atoms with Crippen LogP contribution in [0, 0.1) is 11.3 Å². The van der Waals surface area contributed by atoms with Crippen molar-refractivity contribution >= 4 is 23.4 Å². The van der Waals surface area contributed by atoms with Gasteiger partial charge in [0.25, 0.3) is 0 Å². The highest BCUT2D eigenvalue weighted by Crippen LogP contribution is 2.23. The predicted molar refractivity (Wildman–Crippen MR) is 104 cm³/mol. The average molecular weight is 374 g/mol. The van der Waals surface area contributed by atoms with Crippen LogP contribution in [0.4, 0.5) is 17.6 Å². The number of hydrogen-bond acceptors (Lipinski definition) is 8. The number of rotatable bonds is 6. The normalized spacial score (nSPS) is 10.2. The molecule has 140 valence electrons. The second-order valence-electron chi connectivity index (χ2n) is 6.01. The highest BCUT2D eigenvalue weighted by Gasteiger charge is 2.12. The summed E-state index contributed by atoms with van der Waals surface area (Å²) in [7, 11) is 1.56. The number of benzene rings is 2. The molecule has 0 spiro atoms. The van der Waals surface area contributed by atoms with E-state index in [9.17, 15) is 4.79 Å². The molecule has 0 atom stereocenters. The van der Waals surface area contributed by atoms with Gasteiger partial charge in [0.15, 0.2) is 5.78 Å². The number of methoxy groups -OCH3 is 1. The van der Waals surface area contributed by atoms with Gasteiger partial charge in [-0.3, -0.25) is 4.79 Å². The number of hydrogen-bond donors (Lipinski definition) is 2. The Balaban J connectivity index is 1.88. The number of ether oxygens (including phenoxy) is 1. The Labute approximate surface area is 162 Å². The van der Waals surface area contributed by atoms with Crippen LogP contribution in [0.2, 0.25) is 0 Å². The number of ketones is 1. The third-order valence-corrected chi connectivity index (χ3v) is 4.00. The van der Waals surface area contributed by atoms with E-state index in [0.29, 0.717) is 34.8 Å². The quantitative estimate of drug-likeness (QED) is 0.631. The van der Waals surface area contributed by atoms with Gasteiger partial charge in [-0.1, -0.05) is 0 Å². The number of carbonyl (C=O) groups excluding carboxylic acids is 1. The summed E-state index contributed by atoms with van der Waals surface area (Å²) in [6, 6.07) is 14.1. The second-order valence-corrected chi connectivity index (χ2v) is 6.01. The molecule has 0 saturated heterocycles. The lowest BCUT2D eigenvalue weighted by molar-refractivity contribution is 0.101. The Morgan fingerprint density at radius 2 is 1.93 bits per heavy atom. The van der Waals surface area contributed by atoms with Crippen LogP contribution in [0.3, 0.4) is 0 Å². The lowest BCUT2D eigenvalue weighted by atomic mass is 10.0. The van der Waals surface area contributed by atoms with Gasteiger partial charge >= 0.3 is 0 Å². The fourth-order valence-corrected chi connectivity index (χ4v) is 2.64. The summed E-state index contributed by atoms with van der Waals surface area (Å²) in [5.41, 5.74) is 8.45. The van der Waals surface area contributed by atoms with Crippen LogP contribution in [0.1, 0.15) is 34.2 Å². The lowest BCUT2D eigenvalue weighted by Gasteiger charge is -2.11. The number of carbonyl (C=O) groups is 1. The number of Topliss-reactive ketones (excluding diaryl/α,β-unsaturated/α-hetero) is 1. The van der Waals surface area contributed by atoms with Gasteiger partial charge in [-0.15, -0.1) is 0 Å². The van der Waals surface area contributed by atoms with E-state index in [-0.39, 0.29) is 17.7 Å². The summed E-state index contributed by atoms with van der Waals surface area (Å²) in [6.07, 6.45) is 0.319. The van der Waals surface area contributed by atoms with Crippen molar-refractivity contribution in [2.24, 2.45) is 0 Å². The maximum Gasteiger partial charge on any atom is 0.232 e. The molecule has 0 unspecified atom stereocenters. The Morgan fingerprint density at radius 1 is 1.18 bits per heavy atom. The molecule has 0 aliphatic heterocycles. The van der Waals surface area contributed by atoms with E-state index in [1.807, 2.05) is 0 Å². The number of nitrogens with one attached hydrogen (secondary N) is 1. The number of nitrogens with zero attached hydrogens (tertiary/aromatic N) is 4. The molecule has 3 aromatic rings. The SMILES string of the molecule is COc1ccc(C(C)=O)cc1Cc1nc(N)nc(Nc2ccc(C#N)cc2)n1. The van der Waals surface area contributed by atoms with Crippen LogP contribution < -0.4 is 15.8 Å². The van der Waals surface area contributed by atoms with Crippen molar-refractivity contribution in [2.45, 2.75) is 13.3 Å². The van der Waals surface area contributed by atoms with Gasteiger partial charge in [0, 0.05) is 23.2 Å². The maximum atomic E-state index is 11.7. The van der Waals surface area contributed by atoms with E-state index in [1.54, 1.807) is 49.6 Å². The Bertz CT molecular complexity index is 1060. The highest BCUT2D eigenvalue weighted by atomic mass is 16.5. The highest BCUT2D eigenvalue weighted by molar-refractivity contribution is 5.94. The Morgan fingerprint density at radius 3 is 2.57 bits per heavy atom. The van der Waals surface area contributed by atoms with Gasteiger partial charge in [0.05, 0.1) is 18.7 Å². The van der Waals surface area contributed by atoms with Gasteiger partial charge < -0.3 is 15.8 Å². The van der Waals surface area contributed by atoms with Gasteiger partial charge in [-0.25, -0.2) is 0 Å². The summed E-state index contributed by atoms with van der Waals surface area (Å²) >= 11 is 0. The minimum Gasteiger partial charge on any atom is -0.496 e. The van der Waals surface area contributed by atoms with Crippen molar-refractivity contribution in [1.82, 2.24) is 15.0 Å². The molecule has 0 amide bonds. The standard InChI is InChI=1S/C20H18N6O2/c1-12(27)14-5-8-17(28-2)15(9-14)10-18-24-19(22)26-20(25-18)23-16-6-3-13(11-21)4-7-16/h3-9H,10H2,1-2H3,(H3,22,23,24,25,26). The van der Waals surface area contributed by atoms with Gasteiger partial charge in [0.2, 0.25) is 11.9 Å². The van der Waals surface area contributed by atoms with Gasteiger partial charge in [-0.2, -0.15) is 20.2 Å². The van der Waals surface area contributed by atoms with E-state index in [1.165, 1.54) is 6.92 Å². The van der Waals surface area contributed by atoms with Crippen molar-refractivity contribution in [2.75, 3.05) is 18.2 Å². The predicted octanol–water partition coefficient (Wildman–Crippen LogP) is 2.87. The number of nitrogen functional groups attached to an aromatic ring is 1. The van der Waals surface area contributed by atoms with Crippen LogP contribution in [0.15, 0.2) is 42.5 Å². The van der Waals surface area contributed by atoms with Crippen molar-refractivity contribution in [3.05, 3.63) is 65.0 Å². The van der Waals surface area contributed by atoms with E-state index < -0.39 is 0 Å². The fourth-order valence-electron chi connectivity index (χ4n) is 2.64. The largest absolute Gasteiger partial charge is 0.496 e. The first-order chi connectivity index (χ1) is 13.5. The number of aromatic nitrogens is 3. The van der Waals surface area contributed by atoms with Crippen molar-refractivity contribution in [3.8, 4) is 11.8 Å². The van der Waals surface area contributed by atoms with E-state index in [0.717, 1.165) is 5.56 Å². The van der Waals surface area contributed by atoms with Crippen LogP contribution in [0.5, 0.6) is 5.75 Å². The molecule has 0 aliphatic carbocycles. The molecule has 3 N–H and O–H groups in total. The molecule has 1 heterocycles. The third-order valence-electron chi connectivity index (χ3n) is 4.00. The topological polar surface area (TPSA) is 127 Å². The molecule has 0 aliphatic rings. The molecule has 28 heavy (non-hydrogen) atoms. The smallest absolute Gasteiger partial charge is 0.232 e. The fraction of sp³-hybridized carbons (Fsp3) is 0.150. The third kappa shape index (κ3) is 4.40. The van der Waals surface area contributed by atoms with Gasteiger partial charge in [0.1, 0.15) is 11.6 Å². The van der Waals surface area contributed by atoms with Crippen molar-refractivity contribution < 1.29 is 9.53 Å². The number of anilines is 3. The van der Waals surface area contributed by atoms with Crippen molar-refractivity contribution in [3.63, 3.8) is 0 Å². The van der Waals surface area contributed by atoms with Crippen LogP contribution in [0.25, 0.3) is 0 Å². The lowest BCUT2D eigenvalue weighted by Crippen LogP contribution is -2.08. The monoisotopic (exact) mass is 374 g/mol.